The third-order valence-corrected chi connectivity index (χ3v) is 2.29. The van der Waals surface area contributed by atoms with Gasteiger partial charge in [-0.15, -0.1) is 0 Å². The zero-order chi connectivity index (χ0) is 11.8. The molecule has 0 radical (unpaired) electrons. The minimum Gasteiger partial charge on any atom is -0.354 e. The molecule has 0 aliphatic rings. The smallest absolute Gasteiger partial charge is 0.176 e. The van der Waals surface area contributed by atoms with E-state index in [1.54, 1.807) is 26.6 Å². The first kappa shape index (κ1) is 13.0. The average Bonchev–Trinajstić information content (AvgIpc) is 2.35. The van der Waals surface area contributed by atoms with Gasteiger partial charge in [0.05, 0.1) is 6.04 Å². The Morgan fingerprint density at radius 3 is 2.38 bits per heavy atom. The molecule has 1 heterocycles. The average molecular weight is 225 g/mol. The summed E-state index contributed by atoms with van der Waals surface area (Å²) in [6, 6.07) is -0.0452. The predicted octanol–water partition coefficient (Wildman–Crippen LogP) is 1.14. The van der Waals surface area contributed by atoms with Crippen molar-refractivity contribution in [2.45, 2.75) is 25.7 Å². The molecule has 1 N–H and O–H groups in total. The maximum absolute atomic E-state index is 5.27. The molecule has 16 heavy (non-hydrogen) atoms. The van der Waals surface area contributed by atoms with E-state index < -0.39 is 0 Å². The van der Waals surface area contributed by atoms with Crippen LogP contribution in [0.4, 0.5) is 0 Å². The minimum atomic E-state index is -0.336. The van der Waals surface area contributed by atoms with Crippen LogP contribution in [0, 0.1) is 0 Å². The Morgan fingerprint density at radius 1 is 1.25 bits per heavy atom. The van der Waals surface area contributed by atoms with E-state index in [1.165, 1.54) is 6.33 Å². The van der Waals surface area contributed by atoms with E-state index in [1.807, 2.05) is 0 Å². The van der Waals surface area contributed by atoms with Crippen LogP contribution in [0.3, 0.4) is 0 Å². The van der Waals surface area contributed by atoms with Gasteiger partial charge in [0.2, 0.25) is 0 Å². The molecular formula is C11H19N3O2. The van der Waals surface area contributed by atoms with Gasteiger partial charge < -0.3 is 14.8 Å². The van der Waals surface area contributed by atoms with Crippen LogP contribution in [0.1, 0.15) is 24.9 Å². The fraction of sp³-hybridized carbons (Fsp3) is 0.636. The topological polar surface area (TPSA) is 56.3 Å². The molecule has 0 aliphatic heterocycles. The van der Waals surface area contributed by atoms with Gasteiger partial charge >= 0.3 is 0 Å². The summed E-state index contributed by atoms with van der Waals surface area (Å²) in [5.41, 5.74) is 0.963. The molecule has 0 amide bonds. The van der Waals surface area contributed by atoms with Crippen LogP contribution in [-0.4, -0.2) is 37.0 Å². The number of nitrogens with zero attached hydrogens (tertiary/aromatic N) is 2. The lowest BCUT2D eigenvalue weighted by atomic mass is 10.1. The van der Waals surface area contributed by atoms with Gasteiger partial charge in [0.1, 0.15) is 6.33 Å². The summed E-state index contributed by atoms with van der Waals surface area (Å²) in [6.07, 6.45) is 5.76. The summed E-state index contributed by atoms with van der Waals surface area (Å²) >= 11 is 0. The molecular weight excluding hydrogens is 206 g/mol. The lowest BCUT2D eigenvalue weighted by Crippen LogP contribution is -2.35. The first-order chi connectivity index (χ1) is 7.83. The van der Waals surface area contributed by atoms with E-state index in [9.17, 15) is 0 Å². The van der Waals surface area contributed by atoms with Gasteiger partial charge in [-0.05, 0) is 13.0 Å². The van der Waals surface area contributed by atoms with Crippen molar-refractivity contribution < 1.29 is 9.47 Å². The van der Waals surface area contributed by atoms with Crippen molar-refractivity contribution in [2.24, 2.45) is 0 Å². The molecule has 0 aliphatic carbocycles. The number of rotatable bonds is 7. The summed E-state index contributed by atoms with van der Waals surface area (Å²) in [6.45, 7) is 3.00. The van der Waals surface area contributed by atoms with E-state index in [4.69, 9.17) is 9.47 Å². The number of hydrogen-bond acceptors (Lipinski definition) is 5. The second-order valence-corrected chi connectivity index (χ2v) is 3.44. The van der Waals surface area contributed by atoms with Crippen LogP contribution in [0.2, 0.25) is 0 Å². The van der Waals surface area contributed by atoms with Crippen LogP contribution in [0.25, 0.3) is 0 Å². The van der Waals surface area contributed by atoms with E-state index in [0.717, 1.165) is 18.5 Å². The highest BCUT2D eigenvalue weighted by atomic mass is 16.7. The van der Waals surface area contributed by atoms with Gasteiger partial charge in [-0.3, -0.25) is 0 Å². The van der Waals surface area contributed by atoms with E-state index in [0.29, 0.717) is 0 Å². The highest BCUT2D eigenvalue weighted by Crippen LogP contribution is 2.17. The fourth-order valence-electron chi connectivity index (χ4n) is 1.51. The Balaban J connectivity index is 2.78. The van der Waals surface area contributed by atoms with E-state index >= 15 is 0 Å². The predicted molar refractivity (Wildman–Crippen MR) is 60.9 cm³/mol. The second kappa shape index (κ2) is 7.27. The van der Waals surface area contributed by atoms with Gasteiger partial charge in [-0.2, -0.15) is 0 Å². The molecule has 0 aromatic carbocycles. The Labute approximate surface area is 96.2 Å². The third-order valence-electron chi connectivity index (χ3n) is 2.29. The Kier molecular flexibility index (Phi) is 5.92. The molecule has 1 aromatic rings. The molecule has 0 bridgehead atoms. The quantitative estimate of drug-likeness (QED) is 0.705. The summed E-state index contributed by atoms with van der Waals surface area (Å²) in [4.78, 5) is 8.00. The van der Waals surface area contributed by atoms with Gasteiger partial charge in [0, 0.05) is 32.2 Å². The molecule has 0 saturated carbocycles. The molecule has 1 rings (SSSR count). The zero-order valence-corrected chi connectivity index (χ0v) is 10.0. The van der Waals surface area contributed by atoms with Crippen molar-refractivity contribution in [3.63, 3.8) is 0 Å². The van der Waals surface area contributed by atoms with Gasteiger partial charge in [-0.25, -0.2) is 9.97 Å². The monoisotopic (exact) mass is 225 g/mol. The van der Waals surface area contributed by atoms with Crippen LogP contribution in [0.5, 0.6) is 0 Å². The van der Waals surface area contributed by atoms with Gasteiger partial charge in [0.25, 0.3) is 0 Å². The lowest BCUT2D eigenvalue weighted by molar-refractivity contribution is -0.124. The third kappa shape index (κ3) is 3.52. The normalized spacial score (nSPS) is 13.0. The second-order valence-electron chi connectivity index (χ2n) is 3.44. The van der Waals surface area contributed by atoms with Crippen LogP contribution < -0.4 is 5.32 Å². The van der Waals surface area contributed by atoms with Crippen LogP contribution >= 0.6 is 0 Å². The molecule has 1 unspecified atom stereocenters. The number of hydrogen-bond donors (Lipinski definition) is 1. The van der Waals surface area contributed by atoms with Gasteiger partial charge in [0.15, 0.2) is 6.29 Å². The molecule has 5 heteroatoms. The standard InChI is InChI=1S/C11H19N3O2/c1-4-5-14-10(11(15-2)16-3)9-6-12-8-13-7-9/h6-8,10-11,14H,4-5H2,1-3H3. The van der Waals surface area contributed by atoms with Crippen molar-refractivity contribution in [1.82, 2.24) is 15.3 Å². The molecule has 0 fully saturated rings. The number of nitrogens with one attached hydrogen (secondary N) is 1. The molecule has 0 spiro atoms. The molecule has 1 aromatic heterocycles. The summed E-state index contributed by atoms with van der Waals surface area (Å²) in [7, 11) is 3.25. The van der Waals surface area contributed by atoms with Crippen molar-refractivity contribution in [2.75, 3.05) is 20.8 Å². The number of aromatic nitrogens is 2. The Bertz CT molecular complexity index is 278. The Hall–Kier alpha value is -1.04. The van der Waals surface area contributed by atoms with Crippen molar-refractivity contribution in [3.8, 4) is 0 Å². The Morgan fingerprint density at radius 2 is 1.88 bits per heavy atom. The van der Waals surface area contributed by atoms with Gasteiger partial charge in [-0.1, -0.05) is 6.92 Å². The SMILES string of the molecule is CCCNC(c1cncnc1)C(OC)OC. The highest BCUT2D eigenvalue weighted by molar-refractivity contribution is 5.10. The minimum absolute atomic E-state index is 0.0452. The number of methoxy groups -OCH3 is 2. The summed E-state index contributed by atoms with van der Waals surface area (Å²) in [5, 5.41) is 3.36. The largest absolute Gasteiger partial charge is 0.354 e. The van der Waals surface area contributed by atoms with Crippen molar-refractivity contribution in [3.05, 3.63) is 24.3 Å². The lowest BCUT2D eigenvalue weighted by Gasteiger charge is -2.25. The molecule has 5 nitrogen and oxygen atoms in total. The summed E-state index contributed by atoms with van der Waals surface area (Å²) in [5.74, 6) is 0. The van der Waals surface area contributed by atoms with Crippen LogP contribution in [-0.2, 0) is 9.47 Å². The van der Waals surface area contributed by atoms with Crippen molar-refractivity contribution in [1.29, 1.82) is 0 Å². The zero-order valence-electron chi connectivity index (χ0n) is 10.0. The summed E-state index contributed by atoms with van der Waals surface area (Å²) < 4.78 is 10.5. The molecule has 0 saturated heterocycles. The maximum Gasteiger partial charge on any atom is 0.176 e. The first-order valence-electron chi connectivity index (χ1n) is 5.37. The van der Waals surface area contributed by atoms with Crippen LogP contribution in [0.15, 0.2) is 18.7 Å². The maximum atomic E-state index is 5.27. The highest BCUT2D eigenvalue weighted by Gasteiger charge is 2.22. The van der Waals surface area contributed by atoms with E-state index in [-0.39, 0.29) is 12.3 Å². The van der Waals surface area contributed by atoms with E-state index in [2.05, 4.69) is 22.2 Å². The number of ether oxygens (including phenoxy) is 2. The fourth-order valence-corrected chi connectivity index (χ4v) is 1.51. The molecule has 90 valence electrons. The first-order valence-corrected chi connectivity index (χ1v) is 5.37. The molecule has 1 atom stereocenters. The van der Waals surface area contributed by atoms with Crippen molar-refractivity contribution >= 4 is 0 Å².